The molecule has 45 heavy (non-hydrogen) atoms. The van der Waals surface area contributed by atoms with E-state index < -0.39 is 21.7 Å². The third kappa shape index (κ3) is 4.64. The second-order valence-corrected chi connectivity index (χ2v) is 12.1. The number of phenols is 1. The second kappa shape index (κ2) is 10.5. The van der Waals surface area contributed by atoms with Gasteiger partial charge in [-0.2, -0.15) is 13.5 Å². The number of aromatic hydroxyl groups is 1. The number of esters is 1. The van der Waals surface area contributed by atoms with Crippen molar-refractivity contribution in [3.05, 3.63) is 131 Å². The van der Waals surface area contributed by atoms with Crippen molar-refractivity contribution in [3.8, 4) is 23.0 Å². The summed E-state index contributed by atoms with van der Waals surface area (Å²) < 4.78 is 45.8. The highest BCUT2D eigenvalue weighted by molar-refractivity contribution is 7.87. The third-order valence-corrected chi connectivity index (χ3v) is 8.94. The van der Waals surface area contributed by atoms with E-state index in [0.29, 0.717) is 33.6 Å². The van der Waals surface area contributed by atoms with Gasteiger partial charge < -0.3 is 23.7 Å². The minimum atomic E-state index is -4.48. The number of fused-ring (bicyclic) bond motifs is 6. The van der Waals surface area contributed by atoms with E-state index in [1.807, 2.05) is 6.07 Å². The molecule has 10 nitrogen and oxygen atoms in total. The number of phenolic OH excluding ortho intramolecular Hbond substituents is 1. The Morgan fingerprint density at radius 2 is 1.49 bits per heavy atom. The molecule has 1 unspecified atom stereocenters. The first kappa shape index (κ1) is 28.1. The summed E-state index contributed by atoms with van der Waals surface area (Å²) in [4.78, 5) is 14.5. The topological polar surface area (TPSA) is 127 Å². The lowest BCUT2D eigenvalue weighted by atomic mass is 9.77. The SMILES string of the molecule is CN(C)c1cccc(N=Nc2ccccc2)c1S(=O)(=O)Oc1ccc2c(c1)Oc1cc(O)ccc1C21OC(=O)c2ccccc21. The zero-order valence-electron chi connectivity index (χ0n) is 24.0. The molecule has 0 radical (unpaired) electrons. The second-order valence-electron chi connectivity index (χ2n) is 10.6. The summed E-state index contributed by atoms with van der Waals surface area (Å²) in [6, 6.07) is 29.9. The van der Waals surface area contributed by atoms with E-state index >= 15 is 0 Å². The zero-order valence-corrected chi connectivity index (χ0v) is 24.9. The number of carbonyl (C=O) groups is 1. The Morgan fingerprint density at radius 3 is 2.27 bits per heavy atom. The van der Waals surface area contributed by atoms with Crippen molar-refractivity contribution < 1.29 is 32.0 Å². The number of anilines is 1. The number of rotatable bonds is 6. The molecular weight excluding hydrogens is 594 g/mol. The lowest BCUT2D eigenvalue weighted by Gasteiger charge is -2.36. The van der Waals surface area contributed by atoms with Gasteiger partial charge in [-0.3, -0.25) is 0 Å². The van der Waals surface area contributed by atoms with Gasteiger partial charge in [-0.15, -0.1) is 5.11 Å². The Morgan fingerprint density at radius 1 is 0.778 bits per heavy atom. The van der Waals surface area contributed by atoms with Crippen LogP contribution in [0.1, 0.15) is 27.0 Å². The maximum atomic E-state index is 13.9. The number of nitrogens with zero attached hydrogens (tertiary/aromatic N) is 3. The molecule has 1 atom stereocenters. The van der Waals surface area contributed by atoms with Crippen molar-refractivity contribution in [2.45, 2.75) is 10.5 Å². The van der Waals surface area contributed by atoms with Crippen LogP contribution in [-0.4, -0.2) is 33.6 Å². The third-order valence-electron chi connectivity index (χ3n) is 7.61. The maximum Gasteiger partial charge on any atom is 0.343 e. The Kier molecular flexibility index (Phi) is 6.55. The van der Waals surface area contributed by atoms with Gasteiger partial charge in [0.15, 0.2) is 10.5 Å². The van der Waals surface area contributed by atoms with Gasteiger partial charge in [0.05, 0.1) is 16.9 Å². The minimum Gasteiger partial charge on any atom is -0.508 e. The first-order valence-corrected chi connectivity index (χ1v) is 15.3. The first-order chi connectivity index (χ1) is 21.7. The fraction of sp³-hybridized carbons (Fsp3) is 0.0882. The summed E-state index contributed by atoms with van der Waals surface area (Å²) in [5.74, 6) is -0.191. The fourth-order valence-corrected chi connectivity index (χ4v) is 6.98. The van der Waals surface area contributed by atoms with Gasteiger partial charge in [-0.25, -0.2) is 4.79 Å². The average molecular weight is 620 g/mol. The molecule has 2 aliphatic heterocycles. The van der Waals surface area contributed by atoms with E-state index in [-0.39, 0.29) is 33.6 Å². The molecule has 0 amide bonds. The molecule has 2 aliphatic rings. The molecule has 1 spiro atoms. The fourth-order valence-electron chi connectivity index (χ4n) is 5.67. The number of benzene rings is 5. The van der Waals surface area contributed by atoms with E-state index in [4.69, 9.17) is 13.7 Å². The van der Waals surface area contributed by atoms with Crippen LogP contribution >= 0.6 is 0 Å². The van der Waals surface area contributed by atoms with Crippen LogP contribution in [0.2, 0.25) is 0 Å². The number of ether oxygens (including phenoxy) is 2. The predicted molar refractivity (Wildman–Crippen MR) is 166 cm³/mol. The lowest BCUT2D eigenvalue weighted by molar-refractivity contribution is 0.0224. The largest absolute Gasteiger partial charge is 0.508 e. The molecule has 2 heterocycles. The molecule has 224 valence electrons. The van der Waals surface area contributed by atoms with E-state index in [2.05, 4.69) is 10.2 Å². The van der Waals surface area contributed by atoms with E-state index in [9.17, 15) is 18.3 Å². The van der Waals surface area contributed by atoms with Crippen LogP contribution in [0.5, 0.6) is 23.0 Å². The van der Waals surface area contributed by atoms with Gasteiger partial charge in [0.2, 0.25) is 0 Å². The van der Waals surface area contributed by atoms with Crippen molar-refractivity contribution >= 4 is 33.1 Å². The standard InChI is InChI=1S/C34H25N3O7S/c1-37(2)29-14-8-13-28(36-35-21-9-4-3-5-10-21)32(29)45(40,41)44-23-16-18-27-31(20-23)42-30-19-22(38)15-17-26(30)34(27)25-12-7-6-11-24(25)33(39)43-34/h3-20,38H,1-2H3. The molecule has 5 aromatic carbocycles. The van der Waals surface area contributed by atoms with Crippen LogP contribution in [-0.2, 0) is 20.5 Å². The quantitative estimate of drug-likeness (QED) is 0.120. The zero-order chi connectivity index (χ0) is 31.3. The molecule has 1 N–H and O–H groups in total. The van der Waals surface area contributed by atoms with Crippen LogP contribution in [0.4, 0.5) is 17.1 Å². The highest BCUT2D eigenvalue weighted by Gasteiger charge is 2.53. The van der Waals surface area contributed by atoms with Gasteiger partial charge in [-0.05, 0) is 54.6 Å². The van der Waals surface area contributed by atoms with Crippen molar-refractivity contribution in [2.24, 2.45) is 10.2 Å². The summed E-state index contributed by atoms with van der Waals surface area (Å²) in [5, 5.41) is 18.7. The van der Waals surface area contributed by atoms with Crippen molar-refractivity contribution in [3.63, 3.8) is 0 Å². The number of hydrogen-bond donors (Lipinski definition) is 1. The molecule has 11 heteroatoms. The average Bonchev–Trinajstić information content (AvgIpc) is 3.32. The first-order valence-electron chi connectivity index (χ1n) is 13.9. The molecule has 0 bridgehead atoms. The van der Waals surface area contributed by atoms with Crippen LogP contribution < -0.4 is 13.8 Å². The van der Waals surface area contributed by atoms with Crippen LogP contribution in [0, 0.1) is 0 Å². The van der Waals surface area contributed by atoms with Crippen molar-refractivity contribution in [1.29, 1.82) is 0 Å². The predicted octanol–water partition coefficient (Wildman–Crippen LogP) is 7.21. The van der Waals surface area contributed by atoms with Crippen molar-refractivity contribution in [1.82, 2.24) is 0 Å². The molecule has 0 saturated heterocycles. The number of carbonyl (C=O) groups excluding carboxylic acids is 1. The van der Waals surface area contributed by atoms with Gasteiger partial charge in [0.1, 0.15) is 28.7 Å². The molecule has 0 aliphatic carbocycles. The Labute approximate surface area is 258 Å². The minimum absolute atomic E-state index is 0.0513. The maximum absolute atomic E-state index is 13.9. The number of azo groups is 1. The lowest BCUT2D eigenvalue weighted by Crippen LogP contribution is -2.33. The van der Waals surface area contributed by atoms with E-state index in [1.165, 1.54) is 24.3 Å². The highest BCUT2D eigenvalue weighted by atomic mass is 32.2. The smallest absolute Gasteiger partial charge is 0.343 e. The summed E-state index contributed by atoms with van der Waals surface area (Å²) in [6.45, 7) is 0. The molecule has 0 aromatic heterocycles. The highest BCUT2D eigenvalue weighted by Crippen LogP contribution is 2.57. The summed E-state index contributed by atoms with van der Waals surface area (Å²) >= 11 is 0. The van der Waals surface area contributed by atoms with Crippen LogP contribution in [0.3, 0.4) is 0 Å². The van der Waals surface area contributed by atoms with E-state index in [0.717, 1.165) is 0 Å². The monoisotopic (exact) mass is 619 g/mol. The molecule has 0 saturated carbocycles. The van der Waals surface area contributed by atoms with Gasteiger partial charge in [-0.1, -0.05) is 42.5 Å². The Balaban J connectivity index is 1.32. The summed E-state index contributed by atoms with van der Waals surface area (Å²) in [5.41, 5.74) is 1.59. The van der Waals surface area contributed by atoms with Crippen LogP contribution in [0.25, 0.3) is 0 Å². The number of hydrogen-bond acceptors (Lipinski definition) is 10. The van der Waals surface area contributed by atoms with E-state index in [1.54, 1.807) is 97.9 Å². The molecule has 0 fully saturated rings. The normalized spacial score (nSPS) is 16.4. The summed E-state index contributed by atoms with van der Waals surface area (Å²) in [6.07, 6.45) is 0. The Hall–Kier alpha value is -5.68. The van der Waals surface area contributed by atoms with Gasteiger partial charge >= 0.3 is 16.1 Å². The molecule has 5 aromatic rings. The molecule has 7 rings (SSSR count). The Bertz CT molecular complexity index is 2130. The van der Waals surface area contributed by atoms with Gasteiger partial charge in [0, 0.05) is 42.9 Å². The molecular formula is C34H25N3O7S. The van der Waals surface area contributed by atoms with Crippen LogP contribution in [0.15, 0.2) is 124 Å². The van der Waals surface area contributed by atoms with Crippen molar-refractivity contribution in [2.75, 3.05) is 19.0 Å². The summed E-state index contributed by atoms with van der Waals surface area (Å²) in [7, 11) is -1.05. The van der Waals surface area contributed by atoms with Gasteiger partial charge in [0.25, 0.3) is 0 Å².